The maximum absolute atomic E-state index is 12.7. The summed E-state index contributed by atoms with van der Waals surface area (Å²) >= 11 is 5.30. The fraction of sp³-hybridized carbons (Fsp3) is 0.0345. The van der Waals surface area contributed by atoms with E-state index in [1.165, 1.54) is 12.3 Å². The first-order valence-corrected chi connectivity index (χ1v) is 11.7. The molecular formula is C29H23N3O4S. The zero-order valence-corrected chi connectivity index (χ0v) is 20.7. The SMILES string of the molecule is Cc1cccc(NC(=S)N/N=C\c2ccc(OC(=O)c3ccccc3)cc2OC(=O)c2ccccc2)c1. The van der Waals surface area contributed by atoms with Crippen LogP contribution in [0.4, 0.5) is 5.69 Å². The molecule has 0 saturated heterocycles. The molecule has 4 aromatic rings. The van der Waals surface area contributed by atoms with Crippen molar-refractivity contribution in [3.05, 3.63) is 125 Å². The number of rotatable bonds is 7. The Hall–Kier alpha value is -4.82. The topological polar surface area (TPSA) is 89.0 Å². The zero-order valence-electron chi connectivity index (χ0n) is 19.9. The minimum Gasteiger partial charge on any atom is -0.423 e. The quantitative estimate of drug-likeness (QED) is 0.108. The lowest BCUT2D eigenvalue weighted by Crippen LogP contribution is -2.23. The van der Waals surface area contributed by atoms with E-state index in [-0.39, 0.29) is 16.6 Å². The molecule has 0 aliphatic rings. The molecule has 0 unspecified atom stereocenters. The first kappa shape index (κ1) is 25.3. The van der Waals surface area contributed by atoms with E-state index in [2.05, 4.69) is 15.8 Å². The molecule has 0 heterocycles. The average Bonchev–Trinajstić information content (AvgIpc) is 2.91. The average molecular weight is 510 g/mol. The van der Waals surface area contributed by atoms with Gasteiger partial charge in [0.05, 0.1) is 17.3 Å². The van der Waals surface area contributed by atoms with Crippen LogP contribution in [0.15, 0.2) is 108 Å². The molecule has 7 nitrogen and oxygen atoms in total. The smallest absolute Gasteiger partial charge is 0.343 e. The minimum absolute atomic E-state index is 0.162. The highest BCUT2D eigenvalue weighted by atomic mass is 32.1. The van der Waals surface area contributed by atoms with E-state index in [9.17, 15) is 9.59 Å². The summed E-state index contributed by atoms with van der Waals surface area (Å²) in [6.45, 7) is 1.98. The van der Waals surface area contributed by atoms with Gasteiger partial charge in [0.15, 0.2) is 5.11 Å². The molecule has 2 N–H and O–H groups in total. The molecule has 0 aliphatic heterocycles. The highest BCUT2D eigenvalue weighted by molar-refractivity contribution is 7.80. The summed E-state index contributed by atoms with van der Waals surface area (Å²) in [5, 5.41) is 7.50. The van der Waals surface area contributed by atoms with Gasteiger partial charge < -0.3 is 14.8 Å². The third-order valence-electron chi connectivity index (χ3n) is 5.06. The van der Waals surface area contributed by atoms with Crippen molar-refractivity contribution < 1.29 is 19.1 Å². The summed E-state index contributed by atoms with van der Waals surface area (Å²) in [6.07, 6.45) is 1.46. The Balaban J connectivity index is 1.51. The Morgan fingerprint density at radius 3 is 2.08 bits per heavy atom. The van der Waals surface area contributed by atoms with Gasteiger partial charge in [0.1, 0.15) is 11.5 Å². The number of carbonyl (C=O) groups excluding carboxylic acids is 2. The molecule has 0 aliphatic carbocycles. The number of aryl methyl sites for hydroxylation is 1. The zero-order chi connectivity index (χ0) is 26.0. The number of hydrazone groups is 1. The molecular weight excluding hydrogens is 486 g/mol. The molecule has 0 radical (unpaired) electrons. The normalized spacial score (nSPS) is 10.5. The van der Waals surface area contributed by atoms with E-state index in [4.69, 9.17) is 21.7 Å². The second kappa shape index (κ2) is 12.2. The Labute approximate surface area is 219 Å². The molecule has 0 bridgehead atoms. The van der Waals surface area contributed by atoms with Crippen molar-refractivity contribution in [2.75, 3.05) is 5.32 Å². The van der Waals surface area contributed by atoms with Crippen molar-refractivity contribution in [3.8, 4) is 11.5 Å². The molecule has 184 valence electrons. The summed E-state index contributed by atoms with van der Waals surface area (Å²) in [4.78, 5) is 25.2. The molecule has 0 atom stereocenters. The van der Waals surface area contributed by atoms with Crippen molar-refractivity contribution in [2.24, 2.45) is 5.10 Å². The number of ether oxygens (including phenoxy) is 2. The van der Waals surface area contributed by atoms with E-state index in [0.717, 1.165) is 11.3 Å². The van der Waals surface area contributed by atoms with Crippen LogP contribution in [0.1, 0.15) is 31.8 Å². The molecule has 0 fully saturated rings. The Morgan fingerprint density at radius 2 is 1.43 bits per heavy atom. The lowest BCUT2D eigenvalue weighted by molar-refractivity contribution is 0.0732. The number of anilines is 1. The summed E-state index contributed by atoms with van der Waals surface area (Å²) in [5.41, 5.74) is 5.90. The molecule has 0 spiro atoms. The van der Waals surface area contributed by atoms with E-state index < -0.39 is 11.9 Å². The van der Waals surface area contributed by atoms with Gasteiger partial charge in [0.25, 0.3) is 0 Å². The van der Waals surface area contributed by atoms with Gasteiger partial charge in [0, 0.05) is 17.3 Å². The van der Waals surface area contributed by atoms with E-state index in [1.807, 2.05) is 37.3 Å². The van der Waals surface area contributed by atoms with Crippen molar-refractivity contribution in [1.29, 1.82) is 0 Å². The standard InChI is InChI=1S/C29H23N3O4S/c1-20-9-8-14-24(17-20)31-29(37)32-30-19-23-15-16-25(35-27(33)21-10-4-2-5-11-21)18-26(23)36-28(34)22-12-6-3-7-13-22/h2-19H,1H3,(H2,31,32,37)/b30-19-. The number of hydrogen-bond donors (Lipinski definition) is 2. The highest BCUT2D eigenvalue weighted by Gasteiger charge is 2.14. The molecule has 37 heavy (non-hydrogen) atoms. The maximum Gasteiger partial charge on any atom is 0.343 e. The number of esters is 2. The summed E-state index contributed by atoms with van der Waals surface area (Å²) in [7, 11) is 0. The molecule has 0 saturated carbocycles. The van der Waals surface area contributed by atoms with Gasteiger partial charge in [-0.3, -0.25) is 5.43 Å². The number of nitrogens with zero attached hydrogens (tertiary/aromatic N) is 1. The number of carbonyl (C=O) groups is 2. The Kier molecular flexibility index (Phi) is 8.36. The minimum atomic E-state index is -0.564. The van der Waals surface area contributed by atoms with Crippen molar-refractivity contribution in [1.82, 2.24) is 5.43 Å². The third kappa shape index (κ3) is 7.33. The van der Waals surface area contributed by atoms with E-state index >= 15 is 0 Å². The lowest BCUT2D eigenvalue weighted by Gasteiger charge is -2.11. The number of hydrogen-bond acceptors (Lipinski definition) is 6. The van der Waals surface area contributed by atoms with Crippen LogP contribution in [0.3, 0.4) is 0 Å². The maximum atomic E-state index is 12.7. The van der Waals surface area contributed by atoms with Gasteiger partial charge in [-0.15, -0.1) is 0 Å². The number of benzene rings is 4. The summed E-state index contributed by atoms with van der Waals surface area (Å²) in [5.74, 6) is -0.718. The monoisotopic (exact) mass is 509 g/mol. The summed E-state index contributed by atoms with van der Waals surface area (Å²) < 4.78 is 11.1. The van der Waals surface area contributed by atoms with Gasteiger partial charge in [0.2, 0.25) is 0 Å². The van der Waals surface area contributed by atoms with Crippen LogP contribution in [0.25, 0.3) is 0 Å². The van der Waals surface area contributed by atoms with Gasteiger partial charge >= 0.3 is 11.9 Å². The molecule has 0 aromatic heterocycles. The molecule has 4 aromatic carbocycles. The molecule has 8 heteroatoms. The predicted octanol–water partition coefficient (Wildman–Crippen LogP) is 5.75. The van der Waals surface area contributed by atoms with Gasteiger partial charge in [-0.25, -0.2) is 9.59 Å². The van der Waals surface area contributed by atoms with Gasteiger partial charge in [-0.05, 0) is 73.2 Å². The van der Waals surface area contributed by atoms with Crippen LogP contribution in [-0.4, -0.2) is 23.3 Å². The van der Waals surface area contributed by atoms with E-state index in [1.54, 1.807) is 66.7 Å². The first-order chi connectivity index (χ1) is 18.0. The van der Waals surface area contributed by atoms with Crippen LogP contribution in [0.5, 0.6) is 11.5 Å². The van der Waals surface area contributed by atoms with Crippen molar-refractivity contribution >= 4 is 41.2 Å². The van der Waals surface area contributed by atoms with Crippen LogP contribution in [-0.2, 0) is 0 Å². The van der Waals surface area contributed by atoms with Gasteiger partial charge in [-0.1, -0.05) is 48.5 Å². The summed E-state index contributed by atoms with van der Waals surface area (Å²) in [6, 6.07) is 29.6. The van der Waals surface area contributed by atoms with Crippen LogP contribution in [0, 0.1) is 6.92 Å². The lowest BCUT2D eigenvalue weighted by atomic mass is 10.2. The van der Waals surface area contributed by atoms with Crippen LogP contribution in [0.2, 0.25) is 0 Å². The fourth-order valence-electron chi connectivity index (χ4n) is 3.29. The second-order valence-electron chi connectivity index (χ2n) is 7.90. The largest absolute Gasteiger partial charge is 0.423 e. The number of thiocarbonyl (C=S) groups is 1. The second-order valence-corrected chi connectivity index (χ2v) is 8.31. The number of nitrogens with one attached hydrogen (secondary N) is 2. The highest BCUT2D eigenvalue weighted by Crippen LogP contribution is 2.26. The Morgan fingerprint density at radius 1 is 0.784 bits per heavy atom. The predicted molar refractivity (Wildman–Crippen MR) is 147 cm³/mol. The Bertz CT molecular complexity index is 1440. The fourth-order valence-corrected chi connectivity index (χ4v) is 3.46. The van der Waals surface area contributed by atoms with E-state index in [0.29, 0.717) is 16.7 Å². The molecule has 4 rings (SSSR count). The van der Waals surface area contributed by atoms with Crippen molar-refractivity contribution in [2.45, 2.75) is 6.92 Å². The van der Waals surface area contributed by atoms with Gasteiger partial charge in [-0.2, -0.15) is 5.10 Å². The van der Waals surface area contributed by atoms with Crippen molar-refractivity contribution in [3.63, 3.8) is 0 Å². The third-order valence-corrected chi connectivity index (χ3v) is 5.26. The first-order valence-electron chi connectivity index (χ1n) is 11.3. The van der Waals surface area contributed by atoms with Crippen LogP contribution >= 0.6 is 12.2 Å². The van der Waals surface area contributed by atoms with Crippen LogP contribution < -0.4 is 20.2 Å². The molecule has 0 amide bonds.